The molecule has 1 fully saturated rings. The predicted octanol–water partition coefficient (Wildman–Crippen LogP) is 2.97. The van der Waals surface area contributed by atoms with Crippen molar-refractivity contribution in [2.75, 3.05) is 18.8 Å². The Kier molecular flexibility index (Phi) is 4.93. The van der Waals surface area contributed by atoms with E-state index in [0.29, 0.717) is 12.5 Å². The maximum absolute atomic E-state index is 11.9. The zero-order chi connectivity index (χ0) is 12.8. The van der Waals surface area contributed by atoms with E-state index in [2.05, 4.69) is 12.6 Å². The molecule has 0 bridgehead atoms. The van der Waals surface area contributed by atoms with Gasteiger partial charge in [0.2, 0.25) is 0 Å². The SMILES string of the molecule is O=C(OCc1ccccc1)N1CC[C@@H](CCS)C1. The van der Waals surface area contributed by atoms with Crippen molar-refractivity contribution < 1.29 is 9.53 Å². The van der Waals surface area contributed by atoms with Gasteiger partial charge in [0.1, 0.15) is 6.61 Å². The largest absolute Gasteiger partial charge is 0.445 e. The standard InChI is InChI=1S/C14H19NO2S/c16-14(15-8-6-12(10-15)7-9-18)17-11-13-4-2-1-3-5-13/h1-5,12,18H,6-11H2/t12-/m0/s1. The maximum atomic E-state index is 11.9. The second-order valence-corrected chi connectivity index (χ2v) is 5.10. The van der Waals surface area contributed by atoms with Gasteiger partial charge in [-0.05, 0) is 30.1 Å². The Morgan fingerprint density at radius 1 is 1.39 bits per heavy atom. The Bertz CT molecular complexity index is 383. The van der Waals surface area contributed by atoms with Gasteiger partial charge in [0.05, 0.1) is 0 Å². The summed E-state index contributed by atoms with van der Waals surface area (Å²) in [5.41, 5.74) is 1.02. The summed E-state index contributed by atoms with van der Waals surface area (Å²) in [5, 5.41) is 0. The van der Waals surface area contributed by atoms with Crippen LogP contribution in [0.2, 0.25) is 0 Å². The average molecular weight is 265 g/mol. The highest BCUT2D eigenvalue weighted by molar-refractivity contribution is 7.80. The van der Waals surface area contributed by atoms with Crippen LogP contribution < -0.4 is 0 Å². The fourth-order valence-electron chi connectivity index (χ4n) is 2.23. The summed E-state index contributed by atoms with van der Waals surface area (Å²) < 4.78 is 5.31. The summed E-state index contributed by atoms with van der Waals surface area (Å²) in [4.78, 5) is 13.7. The first-order valence-electron chi connectivity index (χ1n) is 6.36. The van der Waals surface area contributed by atoms with E-state index in [1.807, 2.05) is 30.3 Å². The van der Waals surface area contributed by atoms with Gasteiger partial charge in [-0.2, -0.15) is 12.6 Å². The van der Waals surface area contributed by atoms with Gasteiger partial charge in [0.25, 0.3) is 0 Å². The number of rotatable bonds is 4. The van der Waals surface area contributed by atoms with Crippen LogP contribution in [0, 0.1) is 5.92 Å². The Balaban J connectivity index is 1.76. The van der Waals surface area contributed by atoms with Crippen LogP contribution in [0.5, 0.6) is 0 Å². The topological polar surface area (TPSA) is 29.5 Å². The van der Waals surface area contributed by atoms with E-state index in [4.69, 9.17) is 4.74 Å². The number of thiol groups is 1. The molecule has 0 saturated carbocycles. The number of carbonyl (C=O) groups excluding carboxylic acids is 1. The summed E-state index contributed by atoms with van der Waals surface area (Å²) in [7, 11) is 0. The lowest BCUT2D eigenvalue weighted by atomic mass is 10.1. The summed E-state index contributed by atoms with van der Waals surface area (Å²) >= 11 is 4.23. The molecule has 3 nitrogen and oxygen atoms in total. The molecule has 4 heteroatoms. The smallest absolute Gasteiger partial charge is 0.410 e. The van der Waals surface area contributed by atoms with E-state index in [9.17, 15) is 4.79 Å². The highest BCUT2D eigenvalue weighted by Gasteiger charge is 2.26. The summed E-state index contributed by atoms with van der Waals surface area (Å²) in [6, 6.07) is 9.76. The number of amides is 1. The number of ether oxygens (including phenoxy) is 1. The van der Waals surface area contributed by atoms with Crippen LogP contribution in [0.15, 0.2) is 30.3 Å². The molecule has 1 aliphatic rings. The number of likely N-dealkylation sites (tertiary alicyclic amines) is 1. The lowest BCUT2D eigenvalue weighted by Gasteiger charge is -2.16. The Hall–Kier alpha value is -1.16. The van der Waals surface area contributed by atoms with Gasteiger partial charge in [-0.25, -0.2) is 4.79 Å². The van der Waals surface area contributed by atoms with Crippen LogP contribution in [-0.4, -0.2) is 29.8 Å². The van der Waals surface area contributed by atoms with Crippen molar-refractivity contribution in [3.05, 3.63) is 35.9 Å². The highest BCUT2D eigenvalue weighted by Crippen LogP contribution is 2.20. The van der Waals surface area contributed by atoms with E-state index in [1.54, 1.807) is 4.90 Å². The van der Waals surface area contributed by atoms with Crippen molar-refractivity contribution >= 4 is 18.7 Å². The molecule has 18 heavy (non-hydrogen) atoms. The summed E-state index contributed by atoms with van der Waals surface area (Å²) in [6.07, 6.45) is 1.95. The van der Waals surface area contributed by atoms with Crippen LogP contribution in [0.1, 0.15) is 18.4 Å². The van der Waals surface area contributed by atoms with Gasteiger partial charge in [0.15, 0.2) is 0 Å². The fourth-order valence-corrected chi connectivity index (χ4v) is 2.59. The van der Waals surface area contributed by atoms with Crippen LogP contribution in [0.3, 0.4) is 0 Å². The Morgan fingerprint density at radius 2 is 2.17 bits per heavy atom. The van der Waals surface area contributed by atoms with Gasteiger partial charge in [0, 0.05) is 13.1 Å². The van der Waals surface area contributed by atoms with Crippen LogP contribution in [0.4, 0.5) is 4.79 Å². The molecule has 0 spiro atoms. The minimum absolute atomic E-state index is 0.194. The van der Waals surface area contributed by atoms with Crippen LogP contribution in [-0.2, 0) is 11.3 Å². The third kappa shape index (κ3) is 3.67. The first-order chi connectivity index (χ1) is 8.79. The Morgan fingerprint density at radius 3 is 2.89 bits per heavy atom. The van der Waals surface area contributed by atoms with E-state index in [0.717, 1.165) is 37.2 Å². The molecule has 1 aromatic rings. The zero-order valence-electron chi connectivity index (χ0n) is 10.4. The quantitative estimate of drug-likeness (QED) is 0.848. The molecular weight excluding hydrogens is 246 g/mol. The monoisotopic (exact) mass is 265 g/mol. The maximum Gasteiger partial charge on any atom is 0.410 e. The minimum atomic E-state index is -0.194. The third-order valence-electron chi connectivity index (χ3n) is 3.29. The number of carbonyl (C=O) groups is 1. The number of hydrogen-bond donors (Lipinski definition) is 1. The van der Waals surface area contributed by atoms with E-state index < -0.39 is 0 Å². The van der Waals surface area contributed by atoms with E-state index in [1.165, 1.54) is 0 Å². The second kappa shape index (κ2) is 6.69. The number of hydrogen-bond acceptors (Lipinski definition) is 3. The molecule has 1 amide bonds. The van der Waals surface area contributed by atoms with Gasteiger partial charge in [-0.15, -0.1) is 0 Å². The fraction of sp³-hybridized carbons (Fsp3) is 0.500. The van der Waals surface area contributed by atoms with Crippen LogP contribution >= 0.6 is 12.6 Å². The van der Waals surface area contributed by atoms with Crippen molar-refractivity contribution in [2.45, 2.75) is 19.4 Å². The third-order valence-corrected chi connectivity index (χ3v) is 3.54. The first-order valence-corrected chi connectivity index (χ1v) is 6.99. The normalized spacial score (nSPS) is 18.9. The van der Waals surface area contributed by atoms with Crippen molar-refractivity contribution in [3.8, 4) is 0 Å². The van der Waals surface area contributed by atoms with Gasteiger partial charge >= 0.3 is 6.09 Å². The van der Waals surface area contributed by atoms with Crippen molar-refractivity contribution in [1.29, 1.82) is 0 Å². The molecule has 1 aromatic carbocycles. The molecule has 1 heterocycles. The summed E-state index contributed by atoms with van der Waals surface area (Å²) in [6.45, 7) is 1.98. The van der Waals surface area contributed by atoms with Gasteiger partial charge in [-0.1, -0.05) is 30.3 Å². The molecule has 0 aromatic heterocycles. The number of benzene rings is 1. The lowest BCUT2D eigenvalue weighted by Crippen LogP contribution is -2.29. The second-order valence-electron chi connectivity index (χ2n) is 4.65. The first kappa shape index (κ1) is 13.3. The molecule has 0 unspecified atom stereocenters. The van der Waals surface area contributed by atoms with Crippen LogP contribution in [0.25, 0.3) is 0 Å². The molecule has 1 saturated heterocycles. The lowest BCUT2D eigenvalue weighted by molar-refractivity contribution is 0.103. The predicted molar refractivity (Wildman–Crippen MR) is 74.8 cm³/mol. The van der Waals surface area contributed by atoms with E-state index in [-0.39, 0.29) is 6.09 Å². The van der Waals surface area contributed by atoms with Crippen molar-refractivity contribution in [3.63, 3.8) is 0 Å². The Labute approximate surface area is 114 Å². The molecule has 2 rings (SSSR count). The molecule has 98 valence electrons. The molecular formula is C14H19NO2S. The molecule has 1 atom stereocenters. The molecule has 0 radical (unpaired) electrons. The summed E-state index contributed by atoms with van der Waals surface area (Å²) in [5.74, 6) is 1.48. The average Bonchev–Trinajstić information content (AvgIpc) is 2.86. The van der Waals surface area contributed by atoms with Gasteiger partial charge < -0.3 is 9.64 Å². The molecule has 0 aliphatic carbocycles. The number of nitrogens with zero attached hydrogens (tertiary/aromatic N) is 1. The van der Waals surface area contributed by atoms with Crippen molar-refractivity contribution in [2.24, 2.45) is 5.92 Å². The van der Waals surface area contributed by atoms with E-state index >= 15 is 0 Å². The minimum Gasteiger partial charge on any atom is -0.445 e. The van der Waals surface area contributed by atoms with Crippen molar-refractivity contribution in [1.82, 2.24) is 4.90 Å². The molecule has 1 aliphatic heterocycles. The zero-order valence-corrected chi connectivity index (χ0v) is 11.3. The molecule has 0 N–H and O–H groups in total. The highest BCUT2D eigenvalue weighted by atomic mass is 32.1. The van der Waals surface area contributed by atoms with Gasteiger partial charge in [-0.3, -0.25) is 0 Å².